The second-order valence-corrected chi connectivity index (χ2v) is 2.78. The molecular formula is C11H13N3O2. The van der Waals surface area contributed by atoms with E-state index >= 15 is 0 Å². The standard InChI is InChI=1S/C11H13N3O2/c1-2-16-11(15)14-10-8-9(4-3-6-12)5-7-13-10/h5,7-8H,2,6,12H2,1H3,(H,13,14,15). The molecule has 1 amide bonds. The van der Waals surface area contributed by atoms with Gasteiger partial charge in [-0.25, -0.2) is 9.78 Å². The summed E-state index contributed by atoms with van der Waals surface area (Å²) in [5.41, 5.74) is 6.00. The molecule has 0 saturated heterocycles. The first-order valence-corrected chi connectivity index (χ1v) is 4.85. The molecule has 16 heavy (non-hydrogen) atoms. The molecule has 0 bridgehead atoms. The lowest BCUT2D eigenvalue weighted by molar-refractivity contribution is 0.168. The fourth-order valence-corrected chi connectivity index (χ4v) is 1.00. The first kappa shape index (κ1) is 12.0. The number of hydrogen-bond acceptors (Lipinski definition) is 4. The van der Waals surface area contributed by atoms with Crippen LogP contribution < -0.4 is 11.1 Å². The third-order valence-electron chi connectivity index (χ3n) is 1.60. The summed E-state index contributed by atoms with van der Waals surface area (Å²) in [5, 5.41) is 2.49. The molecule has 0 aromatic carbocycles. The zero-order valence-corrected chi connectivity index (χ0v) is 8.99. The molecule has 84 valence electrons. The van der Waals surface area contributed by atoms with Gasteiger partial charge in [-0.05, 0) is 19.1 Å². The van der Waals surface area contributed by atoms with Crippen molar-refractivity contribution in [2.45, 2.75) is 6.92 Å². The number of carbonyl (C=O) groups excluding carboxylic acids is 1. The first-order chi connectivity index (χ1) is 7.76. The van der Waals surface area contributed by atoms with Gasteiger partial charge in [0.25, 0.3) is 0 Å². The Morgan fingerprint density at radius 3 is 3.19 bits per heavy atom. The summed E-state index contributed by atoms with van der Waals surface area (Å²) in [4.78, 5) is 15.1. The van der Waals surface area contributed by atoms with Gasteiger partial charge in [-0.1, -0.05) is 11.8 Å². The first-order valence-electron chi connectivity index (χ1n) is 4.85. The predicted octanol–water partition coefficient (Wildman–Crippen LogP) is 0.960. The highest BCUT2D eigenvalue weighted by atomic mass is 16.5. The molecule has 0 aliphatic rings. The maximum Gasteiger partial charge on any atom is 0.412 e. The van der Waals surface area contributed by atoms with Gasteiger partial charge < -0.3 is 10.5 Å². The lowest BCUT2D eigenvalue weighted by Gasteiger charge is -2.03. The van der Waals surface area contributed by atoms with Crippen molar-refractivity contribution in [2.24, 2.45) is 5.73 Å². The molecule has 0 radical (unpaired) electrons. The molecule has 0 aliphatic carbocycles. The average Bonchev–Trinajstić information content (AvgIpc) is 2.27. The molecule has 3 N–H and O–H groups in total. The number of carbonyl (C=O) groups is 1. The Kier molecular flexibility index (Phi) is 4.83. The van der Waals surface area contributed by atoms with Crippen LogP contribution in [0.15, 0.2) is 18.3 Å². The predicted molar refractivity (Wildman–Crippen MR) is 60.8 cm³/mol. The van der Waals surface area contributed by atoms with Crippen molar-refractivity contribution in [3.8, 4) is 11.8 Å². The van der Waals surface area contributed by atoms with Crippen LogP contribution in [0.5, 0.6) is 0 Å². The van der Waals surface area contributed by atoms with Gasteiger partial charge in [0.2, 0.25) is 0 Å². The fourth-order valence-electron chi connectivity index (χ4n) is 1.00. The average molecular weight is 219 g/mol. The van der Waals surface area contributed by atoms with Gasteiger partial charge in [0.15, 0.2) is 0 Å². The minimum atomic E-state index is -0.529. The Hall–Kier alpha value is -2.06. The number of anilines is 1. The maximum atomic E-state index is 11.1. The van der Waals surface area contributed by atoms with Crippen LogP contribution in [0.4, 0.5) is 10.6 Å². The molecule has 0 unspecified atom stereocenters. The zero-order chi connectivity index (χ0) is 11.8. The van der Waals surface area contributed by atoms with Gasteiger partial charge in [0.1, 0.15) is 5.82 Å². The van der Waals surface area contributed by atoms with Crippen molar-refractivity contribution >= 4 is 11.9 Å². The summed E-state index contributed by atoms with van der Waals surface area (Å²) in [6.45, 7) is 2.34. The molecule has 0 fully saturated rings. The minimum absolute atomic E-state index is 0.295. The third kappa shape index (κ3) is 3.98. The number of nitrogens with zero attached hydrogens (tertiary/aromatic N) is 1. The van der Waals surface area contributed by atoms with Crippen LogP contribution in [0.25, 0.3) is 0 Å². The van der Waals surface area contributed by atoms with Crippen molar-refractivity contribution in [1.29, 1.82) is 0 Å². The van der Waals surface area contributed by atoms with E-state index in [1.807, 2.05) is 0 Å². The second-order valence-electron chi connectivity index (χ2n) is 2.78. The Labute approximate surface area is 94.0 Å². The summed E-state index contributed by atoms with van der Waals surface area (Å²) in [7, 11) is 0. The van der Waals surface area contributed by atoms with Crippen LogP contribution in [0.2, 0.25) is 0 Å². The largest absolute Gasteiger partial charge is 0.450 e. The third-order valence-corrected chi connectivity index (χ3v) is 1.60. The Bertz CT molecular complexity index is 421. The van der Waals surface area contributed by atoms with Crippen molar-refractivity contribution in [2.75, 3.05) is 18.5 Å². The number of ether oxygens (including phenoxy) is 1. The normalized spacial score (nSPS) is 8.88. The number of nitrogens with one attached hydrogen (secondary N) is 1. The maximum absolute atomic E-state index is 11.1. The summed E-state index contributed by atoms with van der Waals surface area (Å²) in [6, 6.07) is 3.39. The molecule has 0 spiro atoms. The van der Waals surface area contributed by atoms with Crippen molar-refractivity contribution in [1.82, 2.24) is 4.98 Å². The van der Waals surface area contributed by atoms with Crippen LogP contribution in [0.1, 0.15) is 12.5 Å². The molecule has 1 aromatic rings. The van der Waals surface area contributed by atoms with E-state index in [2.05, 4.69) is 22.1 Å². The van der Waals surface area contributed by atoms with E-state index in [4.69, 9.17) is 10.5 Å². The summed E-state index contributed by atoms with van der Waals surface area (Å²) < 4.78 is 4.72. The van der Waals surface area contributed by atoms with Crippen LogP contribution in [-0.2, 0) is 4.74 Å². The molecular weight excluding hydrogens is 206 g/mol. The van der Waals surface area contributed by atoms with Gasteiger partial charge in [0, 0.05) is 11.8 Å². The SMILES string of the molecule is CCOC(=O)Nc1cc(C#CCN)ccn1. The van der Waals surface area contributed by atoms with E-state index in [0.717, 1.165) is 5.56 Å². The van der Waals surface area contributed by atoms with Crippen molar-refractivity contribution in [3.63, 3.8) is 0 Å². The number of pyridine rings is 1. The Morgan fingerprint density at radius 2 is 2.50 bits per heavy atom. The molecule has 1 rings (SSSR count). The van der Waals surface area contributed by atoms with Gasteiger partial charge in [-0.3, -0.25) is 5.32 Å². The van der Waals surface area contributed by atoms with Crippen molar-refractivity contribution < 1.29 is 9.53 Å². The van der Waals surface area contributed by atoms with Crippen LogP contribution in [0.3, 0.4) is 0 Å². The highest BCUT2D eigenvalue weighted by molar-refractivity contribution is 5.83. The highest BCUT2D eigenvalue weighted by Crippen LogP contribution is 2.05. The summed E-state index contributed by atoms with van der Waals surface area (Å²) in [6.07, 6.45) is 1.03. The van der Waals surface area contributed by atoms with E-state index in [0.29, 0.717) is 19.0 Å². The monoisotopic (exact) mass is 219 g/mol. The zero-order valence-electron chi connectivity index (χ0n) is 8.99. The van der Waals surface area contributed by atoms with Gasteiger partial charge in [-0.2, -0.15) is 0 Å². The number of nitrogens with two attached hydrogens (primary N) is 1. The number of hydrogen-bond donors (Lipinski definition) is 2. The smallest absolute Gasteiger partial charge is 0.412 e. The summed E-state index contributed by atoms with van der Waals surface area (Å²) >= 11 is 0. The quantitative estimate of drug-likeness (QED) is 0.726. The van der Waals surface area contributed by atoms with Gasteiger partial charge in [-0.15, -0.1) is 0 Å². The number of aromatic nitrogens is 1. The van der Waals surface area contributed by atoms with Crippen LogP contribution in [-0.4, -0.2) is 24.2 Å². The Morgan fingerprint density at radius 1 is 1.69 bits per heavy atom. The topological polar surface area (TPSA) is 77.2 Å². The number of amides is 1. The summed E-state index contributed by atoms with van der Waals surface area (Å²) in [5.74, 6) is 5.96. The highest BCUT2D eigenvalue weighted by Gasteiger charge is 2.02. The molecule has 5 heteroatoms. The molecule has 0 saturated carbocycles. The second kappa shape index (κ2) is 6.43. The van der Waals surface area contributed by atoms with E-state index in [9.17, 15) is 4.79 Å². The molecule has 0 aliphatic heterocycles. The number of rotatable bonds is 2. The van der Waals surface area contributed by atoms with Crippen molar-refractivity contribution in [3.05, 3.63) is 23.9 Å². The van der Waals surface area contributed by atoms with Crippen LogP contribution in [0, 0.1) is 11.8 Å². The van der Waals surface area contributed by atoms with Gasteiger partial charge in [0.05, 0.1) is 13.2 Å². The lowest BCUT2D eigenvalue weighted by atomic mass is 10.2. The van der Waals surface area contributed by atoms with Crippen LogP contribution >= 0.6 is 0 Å². The van der Waals surface area contributed by atoms with Gasteiger partial charge >= 0.3 is 6.09 Å². The van der Waals surface area contributed by atoms with E-state index < -0.39 is 6.09 Å². The fraction of sp³-hybridized carbons (Fsp3) is 0.273. The van der Waals surface area contributed by atoms with E-state index in [1.165, 1.54) is 0 Å². The molecule has 1 aromatic heterocycles. The molecule has 5 nitrogen and oxygen atoms in total. The minimum Gasteiger partial charge on any atom is -0.450 e. The lowest BCUT2D eigenvalue weighted by Crippen LogP contribution is -2.14. The Balaban J connectivity index is 2.71. The van der Waals surface area contributed by atoms with E-state index in [-0.39, 0.29) is 0 Å². The molecule has 0 atom stereocenters. The van der Waals surface area contributed by atoms with E-state index in [1.54, 1.807) is 25.3 Å². The molecule has 1 heterocycles.